The summed E-state index contributed by atoms with van der Waals surface area (Å²) in [5.41, 5.74) is 1.49. The molecule has 78 valence electrons. The topological polar surface area (TPSA) is 12.0 Å². The molecule has 0 bridgehead atoms. The van der Waals surface area contributed by atoms with Gasteiger partial charge in [-0.25, -0.2) is 0 Å². The van der Waals surface area contributed by atoms with E-state index >= 15 is 0 Å². The summed E-state index contributed by atoms with van der Waals surface area (Å²) in [6, 6.07) is 0.989. The predicted molar refractivity (Wildman–Crippen MR) is 60.9 cm³/mol. The Labute approximate surface area is 83.6 Å². The molecule has 0 rings (SSSR count). The van der Waals surface area contributed by atoms with Gasteiger partial charge in [-0.15, -0.1) is 0 Å². The summed E-state index contributed by atoms with van der Waals surface area (Å²) in [5, 5.41) is 3.61. The highest BCUT2D eigenvalue weighted by Gasteiger charge is 2.25. The van der Waals surface area contributed by atoms with Crippen molar-refractivity contribution in [2.45, 2.75) is 60.0 Å². The first-order valence-electron chi connectivity index (χ1n) is 5.20. The first-order valence-corrected chi connectivity index (χ1v) is 5.20. The summed E-state index contributed by atoms with van der Waals surface area (Å²) in [6.45, 7) is 17.3. The Morgan fingerprint density at radius 1 is 1.38 bits per heavy atom. The fourth-order valence-electron chi connectivity index (χ4n) is 1.53. The molecule has 1 N–H and O–H groups in total. The normalized spacial score (nSPS) is 16.8. The smallest absolute Gasteiger partial charge is 0.0325 e. The molecule has 0 saturated heterocycles. The molecule has 0 aromatic rings. The average Bonchev–Trinajstić information content (AvgIpc) is 1.96. The molecule has 0 amide bonds. The molecule has 13 heavy (non-hydrogen) atoms. The largest absolute Gasteiger partial charge is 0.307 e. The monoisotopic (exact) mass is 183 g/mol. The molecule has 0 aromatic heterocycles. The molecule has 0 radical (unpaired) electrons. The molecular weight excluding hydrogens is 158 g/mol. The second kappa shape index (κ2) is 4.80. The number of nitrogens with one attached hydrogen (secondary N) is 1. The van der Waals surface area contributed by atoms with Gasteiger partial charge in [0.1, 0.15) is 0 Å². The Bertz CT molecular complexity index is 164. The second-order valence-corrected chi connectivity index (χ2v) is 5.12. The minimum atomic E-state index is 0.259. The van der Waals surface area contributed by atoms with Crippen LogP contribution in [0.3, 0.4) is 0 Å². The van der Waals surface area contributed by atoms with Crippen LogP contribution in [0.1, 0.15) is 48.0 Å². The maximum atomic E-state index is 4.05. The van der Waals surface area contributed by atoms with Crippen molar-refractivity contribution in [1.82, 2.24) is 5.32 Å². The molecule has 0 aromatic carbocycles. The van der Waals surface area contributed by atoms with E-state index in [9.17, 15) is 0 Å². The summed E-state index contributed by atoms with van der Waals surface area (Å²) < 4.78 is 0. The van der Waals surface area contributed by atoms with E-state index in [0.717, 1.165) is 0 Å². The Morgan fingerprint density at radius 2 is 1.85 bits per heavy atom. The summed E-state index contributed by atoms with van der Waals surface area (Å²) in [7, 11) is 0. The minimum Gasteiger partial charge on any atom is -0.307 e. The molecule has 0 spiro atoms. The quantitative estimate of drug-likeness (QED) is 0.659. The van der Waals surface area contributed by atoms with Crippen molar-refractivity contribution in [2.75, 3.05) is 0 Å². The number of hydrogen-bond acceptors (Lipinski definition) is 1. The van der Waals surface area contributed by atoms with Crippen LogP contribution in [0.2, 0.25) is 0 Å². The summed E-state index contributed by atoms with van der Waals surface area (Å²) in [5.74, 6) is 0. The molecule has 0 heterocycles. The third-order valence-corrected chi connectivity index (χ3v) is 2.42. The van der Waals surface area contributed by atoms with Crippen LogP contribution in [0.4, 0.5) is 0 Å². The zero-order chi connectivity index (χ0) is 10.6. The number of rotatable bonds is 4. The first kappa shape index (κ1) is 12.7. The van der Waals surface area contributed by atoms with E-state index in [1.165, 1.54) is 12.0 Å². The third-order valence-electron chi connectivity index (χ3n) is 2.42. The summed E-state index contributed by atoms with van der Waals surface area (Å²) >= 11 is 0. The zero-order valence-corrected chi connectivity index (χ0v) is 10.1. The summed E-state index contributed by atoms with van der Waals surface area (Å²) in [4.78, 5) is 0. The van der Waals surface area contributed by atoms with E-state index in [2.05, 4.69) is 53.4 Å². The van der Waals surface area contributed by atoms with E-state index in [4.69, 9.17) is 0 Å². The fraction of sp³-hybridized carbons (Fsp3) is 0.833. The van der Waals surface area contributed by atoms with Crippen LogP contribution in [0.5, 0.6) is 0 Å². The van der Waals surface area contributed by atoms with Crippen LogP contribution in [-0.4, -0.2) is 12.1 Å². The van der Waals surface area contributed by atoms with Crippen LogP contribution in [0, 0.1) is 5.41 Å². The van der Waals surface area contributed by atoms with E-state index in [-0.39, 0.29) is 5.41 Å². The van der Waals surface area contributed by atoms with E-state index < -0.39 is 0 Å². The van der Waals surface area contributed by atoms with Gasteiger partial charge in [-0.3, -0.25) is 0 Å². The van der Waals surface area contributed by atoms with Crippen molar-refractivity contribution in [3.05, 3.63) is 12.2 Å². The Kier molecular flexibility index (Phi) is 4.69. The zero-order valence-electron chi connectivity index (χ0n) is 10.1. The average molecular weight is 183 g/mol. The van der Waals surface area contributed by atoms with Crippen LogP contribution in [-0.2, 0) is 0 Å². The maximum Gasteiger partial charge on any atom is 0.0325 e. The molecule has 0 saturated carbocycles. The van der Waals surface area contributed by atoms with Crippen molar-refractivity contribution in [1.29, 1.82) is 0 Å². The van der Waals surface area contributed by atoms with Crippen molar-refractivity contribution in [3.63, 3.8) is 0 Å². The molecule has 0 aliphatic rings. The molecular formula is C12H25N. The van der Waals surface area contributed by atoms with Gasteiger partial charge in [0.25, 0.3) is 0 Å². The predicted octanol–water partition coefficient (Wildman–Crippen LogP) is 3.37. The second-order valence-electron chi connectivity index (χ2n) is 5.12. The lowest BCUT2D eigenvalue weighted by Gasteiger charge is -2.34. The van der Waals surface area contributed by atoms with Crippen LogP contribution in [0.25, 0.3) is 0 Å². The molecule has 2 atom stereocenters. The van der Waals surface area contributed by atoms with Crippen LogP contribution in [0.15, 0.2) is 12.2 Å². The molecule has 1 heteroatoms. The van der Waals surface area contributed by atoms with Crippen molar-refractivity contribution in [3.8, 4) is 0 Å². The molecule has 0 aliphatic heterocycles. The van der Waals surface area contributed by atoms with Gasteiger partial charge in [-0.2, -0.15) is 0 Å². The van der Waals surface area contributed by atoms with Gasteiger partial charge in [0.15, 0.2) is 0 Å². The lowest BCUT2D eigenvalue weighted by atomic mass is 9.82. The maximum absolute atomic E-state index is 4.05. The van der Waals surface area contributed by atoms with E-state index in [1.54, 1.807) is 0 Å². The molecule has 1 nitrogen and oxygen atoms in total. The lowest BCUT2D eigenvalue weighted by Crippen LogP contribution is -2.45. The molecule has 2 unspecified atom stereocenters. The van der Waals surface area contributed by atoms with E-state index in [1.807, 2.05) is 0 Å². The Morgan fingerprint density at radius 3 is 2.08 bits per heavy atom. The van der Waals surface area contributed by atoms with Gasteiger partial charge in [0, 0.05) is 12.1 Å². The van der Waals surface area contributed by atoms with Gasteiger partial charge >= 0.3 is 0 Å². The summed E-state index contributed by atoms with van der Waals surface area (Å²) in [6.07, 6.45) is 1.17. The van der Waals surface area contributed by atoms with Gasteiger partial charge < -0.3 is 5.32 Å². The van der Waals surface area contributed by atoms with Crippen molar-refractivity contribution in [2.24, 2.45) is 5.41 Å². The molecule has 0 fully saturated rings. The Balaban J connectivity index is 4.37. The van der Waals surface area contributed by atoms with E-state index in [0.29, 0.717) is 12.1 Å². The standard InChI is InChI=1S/C12H25N/c1-8-10(4)13-11(9(2)3)12(5,6)7/h10-11,13H,2,8H2,1,3-7H3. The van der Waals surface area contributed by atoms with Gasteiger partial charge in [0.2, 0.25) is 0 Å². The highest BCUT2D eigenvalue weighted by Crippen LogP contribution is 2.24. The van der Waals surface area contributed by atoms with Crippen molar-refractivity contribution >= 4 is 0 Å². The van der Waals surface area contributed by atoms with Gasteiger partial charge in [-0.05, 0) is 25.7 Å². The fourth-order valence-corrected chi connectivity index (χ4v) is 1.53. The van der Waals surface area contributed by atoms with Gasteiger partial charge in [-0.1, -0.05) is 39.8 Å². The first-order chi connectivity index (χ1) is 5.79. The highest BCUT2D eigenvalue weighted by atomic mass is 15.0. The SMILES string of the molecule is C=C(C)C(NC(C)CC)C(C)(C)C. The lowest BCUT2D eigenvalue weighted by molar-refractivity contribution is 0.279. The number of hydrogen-bond donors (Lipinski definition) is 1. The Hall–Kier alpha value is -0.300. The minimum absolute atomic E-state index is 0.259. The van der Waals surface area contributed by atoms with Gasteiger partial charge in [0.05, 0.1) is 0 Å². The van der Waals surface area contributed by atoms with Crippen molar-refractivity contribution < 1.29 is 0 Å². The third kappa shape index (κ3) is 4.47. The molecule has 0 aliphatic carbocycles. The van der Waals surface area contributed by atoms with Crippen LogP contribution < -0.4 is 5.32 Å². The highest BCUT2D eigenvalue weighted by molar-refractivity contribution is 5.07. The van der Waals surface area contributed by atoms with Crippen LogP contribution >= 0.6 is 0 Å².